The van der Waals surface area contributed by atoms with E-state index in [4.69, 9.17) is 0 Å². The maximum atomic E-state index is 4.03. The molecule has 0 bridgehead atoms. The highest BCUT2D eigenvalue weighted by Gasteiger charge is 2.01. The summed E-state index contributed by atoms with van der Waals surface area (Å²) in [4.78, 5) is 4.03. The molecule has 0 aliphatic carbocycles. The molecule has 3 heteroatoms. The van der Waals surface area contributed by atoms with E-state index in [0.29, 0.717) is 0 Å². The zero-order valence-electron chi connectivity index (χ0n) is 8.31. The Morgan fingerprint density at radius 2 is 2.21 bits per heavy atom. The summed E-state index contributed by atoms with van der Waals surface area (Å²) in [5.74, 6) is 0. The number of hydrogen-bond acceptors (Lipinski definition) is 2. The molecule has 0 radical (unpaired) electrons. The van der Waals surface area contributed by atoms with Crippen molar-refractivity contribution in [3.8, 4) is 0 Å². The normalized spacial score (nSPS) is 10.6. The summed E-state index contributed by atoms with van der Waals surface area (Å²) in [7, 11) is 0. The van der Waals surface area contributed by atoms with Gasteiger partial charge in [-0.2, -0.15) is 11.3 Å². The van der Waals surface area contributed by atoms with Crippen molar-refractivity contribution in [2.75, 3.05) is 0 Å². The average molecular weight is 206 g/mol. The van der Waals surface area contributed by atoms with Crippen LogP contribution in [0.5, 0.6) is 0 Å². The molecule has 0 aliphatic heterocycles. The van der Waals surface area contributed by atoms with E-state index >= 15 is 0 Å². The molecule has 0 unspecified atom stereocenters. The summed E-state index contributed by atoms with van der Waals surface area (Å²) in [6.45, 7) is 3.24. The van der Waals surface area contributed by atoms with Gasteiger partial charge in [-0.05, 0) is 34.7 Å². The van der Waals surface area contributed by atoms with E-state index < -0.39 is 0 Å². The predicted molar refractivity (Wildman–Crippen MR) is 59.6 cm³/mol. The third-order valence-electron chi connectivity index (χ3n) is 2.41. The Bertz CT molecular complexity index is 376. The molecule has 0 aromatic carbocycles. The standard InChI is InChI=1S/C11H14N2S/c1-2-10-7-14-8-11(10)3-5-13-6-4-12-9-13/h4,6-9H,2-3,5H2,1H3. The third kappa shape index (κ3) is 2.04. The van der Waals surface area contributed by atoms with Crippen LogP contribution < -0.4 is 0 Å². The topological polar surface area (TPSA) is 17.8 Å². The molecule has 2 aromatic heterocycles. The first-order valence-corrected chi connectivity index (χ1v) is 5.84. The fourth-order valence-electron chi connectivity index (χ4n) is 1.55. The van der Waals surface area contributed by atoms with Crippen LogP contribution in [0.1, 0.15) is 18.1 Å². The van der Waals surface area contributed by atoms with Crippen LogP contribution in [0.4, 0.5) is 0 Å². The number of aromatic nitrogens is 2. The smallest absolute Gasteiger partial charge is 0.0946 e. The minimum Gasteiger partial charge on any atom is -0.337 e. The molecular weight excluding hydrogens is 192 g/mol. The Hall–Kier alpha value is -1.09. The van der Waals surface area contributed by atoms with Crippen molar-refractivity contribution in [3.05, 3.63) is 40.6 Å². The first-order chi connectivity index (χ1) is 6.90. The maximum Gasteiger partial charge on any atom is 0.0946 e. The van der Waals surface area contributed by atoms with Crippen LogP contribution in [0.15, 0.2) is 29.5 Å². The minimum atomic E-state index is 1.03. The maximum absolute atomic E-state index is 4.03. The molecule has 0 atom stereocenters. The van der Waals surface area contributed by atoms with Gasteiger partial charge in [-0.1, -0.05) is 6.92 Å². The Balaban J connectivity index is 1.98. The summed E-state index contributed by atoms with van der Waals surface area (Å²) in [6, 6.07) is 0. The highest BCUT2D eigenvalue weighted by molar-refractivity contribution is 7.08. The summed E-state index contributed by atoms with van der Waals surface area (Å²) < 4.78 is 2.12. The quantitative estimate of drug-likeness (QED) is 0.752. The van der Waals surface area contributed by atoms with Gasteiger partial charge in [0.25, 0.3) is 0 Å². The second-order valence-corrected chi connectivity index (χ2v) is 4.07. The van der Waals surface area contributed by atoms with Crippen LogP contribution >= 0.6 is 11.3 Å². The van der Waals surface area contributed by atoms with Crippen LogP contribution in [0.3, 0.4) is 0 Å². The van der Waals surface area contributed by atoms with E-state index in [1.165, 1.54) is 11.1 Å². The van der Waals surface area contributed by atoms with Crippen molar-refractivity contribution in [1.29, 1.82) is 0 Å². The van der Waals surface area contributed by atoms with Gasteiger partial charge in [-0.25, -0.2) is 4.98 Å². The largest absolute Gasteiger partial charge is 0.337 e. The Kier molecular flexibility index (Phi) is 2.99. The highest BCUT2D eigenvalue weighted by atomic mass is 32.1. The SMILES string of the molecule is CCc1cscc1CCn1ccnc1. The lowest BCUT2D eigenvalue weighted by molar-refractivity contribution is 0.693. The summed E-state index contributed by atoms with van der Waals surface area (Å²) in [5.41, 5.74) is 2.99. The molecule has 2 nitrogen and oxygen atoms in total. The third-order valence-corrected chi connectivity index (χ3v) is 3.25. The number of imidazole rings is 1. The van der Waals surface area contributed by atoms with Gasteiger partial charge in [0.1, 0.15) is 0 Å². The second-order valence-electron chi connectivity index (χ2n) is 3.33. The Labute approximate surface area is 88.2 Å². The summed E-state index contributed by atoms with van der Waals surface area (Å²) >= 11 is 1.80. The fraction of sp³-hybridized carbons (Fsp3) is 0.364. The molecule has 0 saturated heterocycles. The van der Waals surface area contributed by atoms with E-state index in [0.717, 1.165) is 19.4 Å². The van der Waals surface area contributed by atoms with Crippen LogP contribution in [0.2, 0.25) is 0 Å². The molecule has 0 saturated carbocycles. The molecule has 14 heavy (non-hydrogen) atoms. The van der Waals surface area contributed by atoms with Gasteiger partial charge in [0, 0.05) is 18.9 Å². The van der Waals surface area contributed by atoms with Crippen LogP contribution in [0.25, 0.3) is 0 Å². The van der Waals surface area contributed by atoms with E-state index in [-0.39, 0.29) is 0 Å². The van der Waals surface area contributed by atoms with E-state index in [9.17, 15) is 0 Å². The number of rotatable bonds is 4. The number of thiophene rings is 1. The van der Waals surface area contributed by atoms with E-state index in [1.54, 1.807) is 11.3 Å². The first kappa shape index (κ1) is 9.46. The van der Waals surface area contributed by atoms with E-state index in [2.05, 4.69) is 27.2 Å². The van der Waals surface area contributed by atoms with Crippen LogP contribution in [-0.2, 0) is 19.4 Å². The van der Waals surface area contributed by atoms with Crippen molar-refractivity contribution in [2.45, 2.75) is 26.3 Å². The lowest BCUT2D eigenvalue weighted by Crippen LogP contribution is -1.99. The van der Waals surface area contributed by atoms with Crippen LogP contribution in [-0.4, -0.2) is 9.55 Å². The average Bonchev–Trinajstić information content (AvgIpc) is 2.85. The first-order valence-electron chi connectivity index (χ1n) is 4.90. The van der Waals surface area contributed by atoms with Crippen molar-refractivity contribution in [1.82, 2.24) is 9.55 Å². The number of aryl methyl sites for hydroxylation is 3. The second kappa shape index (κ2) is 4.42. The molecule has 0 N–H and O–H groups in total. The molecule has 0 fully saturated rings. The van der Waals surface area contributed by atoms with Crippen molar-refractivity contribution in [2.24, 2.45) is 0 Å². The molecule has 0 aliphatic rings. The van der Waals surface area contributed by atoms with Gasteiger partial charge < -0.3 is 4.57 Å². The van der Waals surface area contributed by atoms with E-state index in [1.807, 2.05) is 18.7 Å². The van der Waals surface area contributed by atoms with Crippen molar-refractivity contribution < 1.29 is 0 Å². The molecule has 2 heterocycles. The highest BCUT2D eigenvalue weighted by Crippen LogP contribution is 2.16. The zero-order chi connectivity index (χ0) is 9.80. The molecule has 74 valence electrons. The fourth-order valence-corrected chi connectivity index (χ4v) is 2.53. The Morgan fingerprint density at radius 3 is 2.93 bits per heavy atom. The monoisotopic (exact) mass is 206 g/mol. The molecule has 0 amide bonds. The van der Waals surface area contributed by atoms with Gasteiger partial charge in [0.15, 0.2) is 0 Å². The van der Waals surface area contributed by atoms with Crippen molar-refractivity contribution in [3.63, 3.8) is 0 Å². The summed E-state index contributed by atoms with van der Waals surface area (Å²) in [5, 5.41) is 4.51. The lowest BCUT2D eigenvalue weighted by Gasteiger charge is -2.02. The van der Waals surface area contributed by atoms with Gasteiger partial charge >= 0.3 is 0 Å². The van der Waals surface area contributed by atoms with Gasteiger partial charge in [0.05, 0.1) is 6.33 Å². The Morgan fingerprint density at radius 1 is 1.36 bits per heavy atom. The lowest BCUT2D eigenvalue weighted by atomic mass is 10.1. The molecule has 2 aromatic rings. The van der Waals surface area contributed by atoms with Gasteiger partial charge in [-0.3, -0.25) is 0 Å². The van der Waals surface area contributed by atoms with Crippen molar-refractivity contribution >= 4 is 11.3 Å². The van der Waals surface area contributed by atoms with Crippen LogP contribution in [0, 0.1) is 0 Å². The molecular formula is C11H14N2S. The van der Waals surface area contributed by atoms with Gasteiger partial charge in [-0.15, -0.1) is 0 Å². The zero-order valence-corrected chi connectivity index (χ0v) is 9.13. The molecule has 0 spiro atoms. The number of hydrogen-bond donors (Lipinski definition) is 0. The number of nitrogens with zero attached hydrogens (tertiary/aromatic N) is 2. The minimum absolute atomic E-state index is 1.03. The van der Waals surface area contributed by atoms with Gasteiger partial charge in [0.2, 0.25) is 0 Å². The molecule has 2 rings (SSSR count). The summed E-state index contributed by atoms with van der Waals surface area (Å²) in [6.07, 6.45) is 7.97. The predicted octanol–water partition coefficient (Wildman–Crippen LogP) is 2.75.